The number of benzene rings is 1. The first-order chi connectivity index (χ1) is 9.50. The van der Waals surface area contributed by atoms with E-state index < -0.39 is 10.0 Å². The fraction of sp³-hybridized carbons (Fsp3) is 0.571. The Bertz CT molecular complexity index is 531. The van der Waals surface area contributed by atoms with Crippen molar-refractivity contribution in [1.82, 2.24) is 4.72 Å². The van der Waals surface area contributed by atoms with E-state index in [0.717, 1.165) is 25.2 Å². The highest BCUT2D eigenvalue weighted by atomic mass is 32.2. The Morgan fingerprint density at radius 1 is 1.35 bits per heavy atom. The summed E-state index contributed by atoms with van der Waals surface area (Å²) in [6, 6.07) is 6.43. The molecule has 1 atom stereocenters. The molecule has 0 saturated carbocycles. The molecule has 0 bridgehead atoms. The molecule has 0 aliphatic carbocycles. The van der Waals surface area contributed by atoms with Crippen molar-refractivity contribution in [2.45, 2.75) is 19.8 Å². The third kappa shape index (κ3) is 4.18. The second kappa shape index (κ2) is 6.54. The topological polar surface area (TPSA) is 49.4 Å². The van der Waals surface area contributed by atoms with Crippen LogP contribution in [0.4, 0.5) is 10.1 Å². The Kier molecular flexibility index (Phi) is 4.99. The Morgan fingerprint density at radius 2 is 2.05 bits per heavy atom. The van der Waals surface area contributed by atoms with Crippen molar-refractivity contribution in [3.8, 4) is 0 Å². The smallest absolute Gasteiger partial charge is 0.211 e. The first-order valence-corrected chi connectivity index (χ1v) is 8.63. The van der Waals surface area contributed by atoms with E-state index in [1.807, 2.05) is 6.92 Å². The van der Waals surface area contributed by atoms with Crippen molar-refractivity contribution >= 4 is 15.7 Å². The molecule has 1 aliphatic heterocycles. The van der Waals surface area contributed by atoms with Crippen molar-refractivity contribution in [1.29, 1.82) is 0 Å². The fourth-order valence-electron chi connectivity index (χ4n) is 2.47. The molecule has 1 aromatic rings. The molecule has 0 aromatic heterocycles. The summed E-state index contributed by atoms with van der Waals surface area (Å²) in [5.41, 5.74) is 0.991. The lowest BCUT2D eigenvalue weighted by molar-refractivity contribution is 0.541. The Hall–Kier alpha value is -1.14. The van der Waals surface area contributed by atoms with Gasteiger partial charge in [0.05, 0.1) is 5.75 Å². The first kappa shape index (κ1) is 15.3. The molecule has 1 saturated heterocycles. The highest BCUT2D eigenvalue weighted by molar-refractivity contribution is 7.89. The Morgan fingerprint density at radius 3 is 2.70 bits per heavy atom. The average Bonchev–Trinajstić information content (AvgIpc) is 2.86. The molecule has 1 aliphatic rings. The van der Waals surface area contributed by atoms with E-state index in [-0.39, 0.29) is 11.6 Å². The predicted molar refractivity (Wildman–Crippen MR) is 78.8 cm³/mol. The maximum atomic E-state index is 12.9. The fourth-order valence-corrected chi connectivity index (χ4v) is 3.64. The van der Waals surface area contributed by atoms with Crippen LogP contribution >= 0.6 is 0 Å². The van der Waals surface area contributed by atoms with Crippen molar-refractivity contribution in [3.05, 3.63) is 30.1 Å². The maximum Gasteiger partial charge on any atom is 0.211 e. The summed E-state index contributed by atoms with van der Waals surface area (Å²) in [6.45, 7) is 4.02. The largest absolute Gasteiger partial charge is 0.371 e. The number of rotatable bonds is 6. The van der Waals surface area contributed by atoms with Gasteiger partial charge in [0.15, 0.2) is 0 Å². The average molecular weight is 300 g/mol. The molecule has 0 spiro atoms. The quantitative estimate of drug-likeness (QED) is 0.874. The minimum atomic E-state index is -3.12. The van der Waals surface area contributed by atoms with Crippen molar-refractivity contribution < 1.29 is 12.8 Å². The number of halogens is 1. The lowest BCUT2D eigenvalue weighted by Crippen LogP contribution is -2.32. The van der Waals surface area contributed by atoms with Crippen molar-refractivity contribution in [2.24, 2.45) is 5.92 Å². The summed E-state index contributed by atoms with van der Waals surface area (Å²) in [4.78, 5) is 2.16. The SMILES string of the molecule is CCCS(=O)(=O)NCC1CCN(c2ccc(F)cc2)C1. The number of anilines is 1. The van der Waals surface area contributed by atoms with Crippen LogP contribution < -0.4 is 9.62 Å². The number of hydrogen-bond donors (Lipinski definition) is 1. The van der Waals surface area contributed by atoms with Crippen LogP contribution in [0.2, 0.25) is 0 Å². The molecule has 0 radical (unpaired) electrons. The summed E-state index contributed by atoms with van der Waals surface area (Å²) in [5.74, 6) is 0.255. The van der Waals surface area contributed by atoms with Gasteiger partial charge in [-0.1, -0.05) is 6.92 Å². The van der Waals surface area contributed by atoms with Gasteiger partial charge in [-0.3, -0.25) is 0 Å². The van der Waals surface area contributed by atoms with E-state index in [1.165, 1.54) is 12.1 Å². The Labute approximate surface area is 120 Å². The van der Waals surface area contributed by atoms with Gasteiger partial charge in [0.25, 0.3) is 0 Å². The predicted octanol–water partition coefficient (Wildman–Crippen LogP) is 1.98. The van der Waals surface area contributed by atoms with Crippen LogP contribution in [-0.2, 0) is 10.0 Å². The molecule has 20 heavy (non-hydrogen) atoms. The number of nitrogens with one attached hydrogen (secondary N) is 1. The van der Waals surface area contributed by atoms with Crippen LogP contribution in [0.25, 0.3) is 0 Å². The van der Waals surface area contributed by atoms with Gasteiger partial charge in [0.1, 0.15) is 5.82 Å². The molecule has 4 nitrogen and oxygen atoms in total. The molecular formula is C14H21FN2O2S. The van der Waals surface area contributed by atoms with Crippen LogP contribution in [0.3, 0.4) is 0 Å². The van der Waals surface area contributed by atoms with E-state index in [1.54, 1.807) is 12.1 Å². The summed E-state index contributed by atoms with van der Waals surface area (Å²) in [7, 11) is -3.12. The van der Waals surface area contributed by atoms with Crippen molar-refractivity contribution in [3.63, 3.8) is 0 Å². The van der Waals surface area contributed by atoms with Gasteiger partial charge in [-0.25, -0.2) is 17.5 Å². The molecular weight excluding hydrogens is 279 g/mol. The molecule has 2 rings (SSSR count). The molecule has 1 heterocycles. The standard InChI is InChI=1S/C14H21FN2O2S/c1-2-9-20(18,19)16-10-12-7-8-17(11-12)14-5-3-13(15)4-6-14/h3-6,12,16H,2,7-11H2,1H3. The van der Waals surface area contributed by atoms with Gasteiger partial charge in [-0.05, 0) is 43.0 Å². The lowest BCUT2D eigenvalue weighted by Gasteiger charge is -2.18. The van der Waals surface area contributed by atoms with E-state index in [2.05, 4.69) is 9.62 Å². The van der Waals surface area contributed by atoms with E-state index >= 15 is 0 Å². The van der Waals surface area contributed by atoms with Crippen LogP contribution in [0.15, 0.2) is 24.3 Å². The lowest BCUT2D eigenvalue weighted by atomic mass is 10.1. The molecule has 6 heteroatoms. The summed E-state index contributed by atoms with van der Waals surface area (Å²) >= 11 is 0. The highest BCUT2D eigenvalue weighted by Gasteiger charge is 2.24. The minimum Gasteiger partial charge on any atom is -0.371 e. The molecule has 1 N–H and O–H groups in total. The molecule has 112 valence electrons. The molecule has 0 amide bonds. The van der Waals surface area contributed by atoms with Crippen molar-refractivity contribution in [2.75, 3.05) is 30.3 Å². The Balaban J connectivity index is 1.85. The summed E-state index contributed by atoms with van der Waals surface area (Å²) in [6.07, 6.45) is 1.58. The van der Waals surface area contributed by atoms with Gasteiger partial charge in [0, 0.05) is 25.3 Å². The molecule has 1 aromatic carbocycles. The van der Waals surface area contributed by atoms with Gasteiger partial charge < -0.3 is 4.90 Å². The third-order valence-corrected chi connectivity index (χ3v) is 5.09. The number of nitrogens with zero attached hydrogens (tertiary/aromatic N) is 1. The van der Waals surface area contributed by atoms with E-state index in [9.17, 15) is 12.8 Å². The summed E-state index contributed by atoms with van der Waals surface area (Å²) in [5, 5.41) is 0. The maximum absolute atomic E-state index is 12.9. The van der Waals surface area contributed by atoms with Gasteiger partial charge in [-0.15, -0.1) is 0 Å². The van der Waals surface area contributed by atoms with Gasteiger partial charge >= 0.3 is 0 Å². The highest BCUT2D eigenvalue weighted by Crippen LogP contribution is 2.23. The normalized spacial score (nSPS) is 19.5. The van der Waals surface area contributed by atoms with E-state index in [0.29, 0.717) is 18.9 Å². The second-order valence-corrected chi connectivity index (χ2v) is 7.17. The summed E-state index contributed by atoms with van der Waals surface area (Å²) < 4.78 is 38.8. The zero-order valence-corrected chi connectivity index (χ0v) is 12.5. The second-order valence-electron chi connectivity index (χ2n) is 5.24. The third-order valence-electron chi connectivity index (χ3n) is 3.54. The van der Waals surface area contributed by atoms with Crippen LogP contribution in [0, 0.1) is 11.7 Å². The first-order valence-electron chi connectivity index (χ1n) is 6.98. The number of sulfonamides is 1. The monoisotopic (exact) mass is 300 g/mol. The van der Waals surface area contributed by atoms with Crippen LogP contribution in [0.5, 0.6) is 0 Å². The molecule has 1 unspecified atom stereocenters. The zero-order chi connectivity index (χ0) is 14.6. The van der Waals surface area contributed by atoms with Crippen LogP contribution in [-0.4, -0.2) is 33.8 Å². The zero-order valence-electron chi connectivity index (χ0n) is 11.7. The van der Waals surface area contributed by atoms with Crippen LogP contribution in [0.1, 0.15) is 19.8 Å². The van der Waals surface area contributed by atoms with Gasteiger partial charge in [0.2, 0.25) is 10.0 Å². The minimum absolute atomic E-state index is 0.182. The number of hydrogen-bond acceptors (Lipinski definition) is 3. The molecule has 1 fully saturated rings. The van der Waals surface area contributed by atoms with E-state index in [4.69, 9.17) is 0 Å². The van der Waals surface area contributed by atoms with Gasteiger partial charge in [-0.2, -0.15) is 0 Å².